The van der Waals surface area contributed by atoms with Gasteiger partial charge in [-0.25, -0.2) is 9.69 Å². The van der Waals surface area contributed by atoms with Crippen molar-refractivity contribution < 1.29 is 36.8 Å². The van der Waals surface area contributed by atoms with Crippen LogP contribution in [0.4, 0.5) is 18.0 Å². The molecule has 11 heteroatoms. The van der Waals surface area contributed by atoms with Crippen LogP contribution in [0, 0.1) is 0 Å². The summed E-state index contributed by atoms with van der Waals surface area (Å²) < 4.78 is 54.6. The van der Waals surface area contributed by atoms with Crippen molar-refractivity contribution in [2.75, 3.05) is 13.2 Å². The highest BCUT2D eigenvalue weighted by molar-refractivity contribution is 7.12. The van der Waals surface area contributed by atoms with Gasteiger partial charge in [0.2, 0.25) is 5.91 Å². The number of halogens is 3. The summed E-state index contributed by atoms with van der Waals surface area (Å²) in [6.45, 7) is 2.22. The predicted molar refractivity (Wildman–Crippen MR) is 139 cm³/mol. The second-order valence-corrected chi connectivity index (χ2v) is 9.68. The van der Waals surface area contributed by atoms with Gasteiger partial charge in [-0.3, -0.25) is 4.79 Å². The molecule has 204 valence electrons. The number of hydrogen-bond donors (Lipinski definition) is 0. The minimum absolute atomic E-state index is 0.0156. The Morgan fingerprint density at radius 1 is 1.21 bits per heavy atom. The zero-order valence-corrected chi connectivity index (χ0v) is 21.7. The van der Waals surface area contributed by atoms with E-state index in [2.05, 4.69) is 5.16 Å². The number of ether oxygens (including phenoxy) is 2. The Kier molecular flexibility index (Phi) is 9.03. The SMILES string of the molecule is C\C=C/C(=C\C=C\c1ccc(COc2ccc(C(CC(=O)N3CCOC3=O)c3ccon3)cc2)s1)C(F)(F)F. The van der Waals surface area contributed by atoms with Crippen LogP contribution in [0.2, 0.25) is 0 Å². The van der Waals surface area contributed by atoms with Gasteiger partial charge in [0.15, 0.2) is 0 Å². The Bertz CT molecular complexity index is 1360. The van der Waals surface area contributed by atoms with Gasteiger partial charge in [-0.1, -0.05) is 35.5 Å². The first-order valence-corrected chi connectivity index (χ1v) is 12.8. The Morgan fingerprint density at radius 3 is 2.64 bits per heavy atom. The Hall–Kier alpha value is -4.12. The molecule has 1 atom stereocenters. The van der Waals surface area contributed by atoms with E-state index >= 15 is 0 Å². The molecule has 1 fully saturated rings. The van der Waals surface area contributed by atoms with E-state index in [4.69, 9.17) is 14.0 Å². The van der Waals surface area contributed by atoms with E-state index in [9.17, 15) is 22.8 Å². The fourth-order valence-electron chi connectivity index (χ4n) is 3.88. The maximum absolute atomic E-state index is 13.0. The van der Waals surface area contributed by atoms with Gasteiger partial charge >= 0.3 is 12.3 Å². The second-order valence-electron chi connectivity index (χ2n) is 8.48. The number of benzene rings is 1. The molecule has 1 aromatic carbocycles. The van der Waals surface area contributed by atoms with Crippen molar-refractivity contribution in [1.29, 1.82) is 0 Å². The molecule has 2 aromatic heterocycles. The zero-order chi connectivity index (χ0) is 27.8. The van der Waals surface area contributed by atoms with Crippen LogP contribution in [0.25, 0.3) is 6.08 Å². The molecule has 7 nitrogen and oxygen atoms in total. The molecule has 39 heavy (non-hydrogen) atoms. The number of nitrogens with zero attached hydrogens (tertiary/aromatic N) is 2. The lowest BCUT2D eigenvalue weighted by molar-refractivity contribution is -0.128. The number of alkyl halides is 3. The number of amides is 2. The van der Waals surface area contributed by atoms with Crippen LogP contribution >= 0.6 is 11.3 Å². The standard InChI is InChI=1S/C28H25F3N2O5S/c1-2-4-20(28(29,30)31)5-3-6-22-11-12-23(39-22)18-37-21-9-7-19(8-10-21)24(25-13-15-38-32-25)17-26(34)33-14-16-36-27(33)35/h2-13,15,24H,14,16-18H2,1H3/b4-2-,6-3+,20-5+. The quantitative estimate of drug-likeness (QED) is 0.252. The zero-order valence-electron chi connectivity index (χ0n) is 20.9. The number of imide groups is 1. The van der Waals surface area contributed by atoms with Crippen molar-refractivity contribution in [3.05, 3.63) is 99.6 Å². The van der Waals surface area contributed by atoms with Crippen LogP contribution in [-0.4, -0.2) is 41.4 Å². The van der Waals surface area contributed by atoms with Gasteiger partial charge in [-0.2, -0.15) is 13.2 Å². The van der Waals surface area contributed by atoms with Crippen LogP contribution in [0.15, 0.2) is 83.1 Å². The number of carbonyl (C=O) groups excluding carboxylic acids is 2. The van der Waals surface area contributed by atoms with Crippen molar-refractivity contribution >= 4 is 29.4 Å². The van der Waals surface area contributed by atoms with Crippen molar-refractivity contribution in [3.8, 4) is 5.75 Å². The molecule has 1 aliphatic rings. The Morgan fingerprint density at radius 2 is 2.00 bits per heavy atom. The lowest BCUT2D eigenvalue weighted by Crippen LogP contribution is -2.32. The lowest BCUT2D eigenvalue weighted by Gasteiger charge is -2.18. The van der Waals surface area contributed by atoms with Crippen LogP contribution in [0.1, 0.15) is 40.3 Å². The molecule has 3 aromatic rings. The summed E-state index contributed by atoms with van der Waals surface area (Å²) in [6, 6.07) is 12.5. The van der Waals surface area contributed by atoms with Gasteiger partial charge in [0.25, 0.3) is 0 Å². The van der Waals surface area contributed by atoms with E-state index in [0.717, 1.165) is 32.4 Å². The number of rotatable bonds is 10. The van der Waals surface area contributed by atoms with Gasteiger partial charge in [0.05, 0.1) is 17.8 Å². The lowest BCUT2D eigenvalue weighted by atomic mass is 9.92. The van der Waals surface area contributed by atoms with E-state index in [1.807, 2.05) is 24.3 Å². The van der Waals surface area contributed by atoms with Gasteiger partial charge < -0.3 is 14.0 Å². The van der Waals surface area contributed by atoms with Crippen molar-refractivity contribution in [2.45, 2.75) is 32.0 Å². The summed E-state index contributed by atoms with van der Waals surface area (Å²) in [7, 11) is 0. The van der Waals surface area contributed by atoms with Crippen LogP contribution < -0.4 is 4.74 Å². The summed E-state index contributed by atoms with van der Waals surface area (Å²) in [5.41, 5.74) is 0.634. The summed E-state index contributed by atoms with van der Waals surface area (Å²) >= 11 is 1.41. The number of carbonyl (C=O) groups is 2. The third kappa shape index (κ3) is 7.47. The summed E-state index contributed by atoms with van der Waals surface area (Å²) in [5.74, 6) is -0.188. The Labute approximate surface area is 226 Å². The third-order valence-electron chi connectivity index (χ3n) is 5.81. The fraction of sp³-hybridized carbons (Fsp3) is 0.250. The number of thiophene rings is 1. The molecule has 1 aliphatic heterocycles. The Balaban J connectivity index is 1.37. The normalized spacial score (nSPS) is 15.3. The van der Waals surface area contributed by atoms with Crippen molar-refractivity contribution in [2.24, 2.45) is 0 Å². The van der Waals surface area contributed by atoms with Gasteiger partial charge in [0, 0.05) is 28.2 Å². The third-order valence-corrected chi connectivity index (χ3v) is 6.84. The average Bonchev–Trinajstić information content (AvgIpc) is 3.68. The van der Waals surface area contributed by atoms with Crippen LogP contribution in [0.5, 0.6) is 5.75 Å². The number of allylic oxidation sites excluding steroid dienone is 5. The molecule has 1 saturated heterocycles. The highest BCUT2D eigenvalue weighted by atomic mass is 32.1. The molecule has 0 spiro atoms. The first kappa shape index (κ1) is 27.9. The summed E-state index contributed by atoms with van der Waals surface area (Å²) in [6.07, 6.45) is 2.78. The van der Waals surface area contributed by atoms with Crippen molar-refractivity contribution in [1.82, 2.24) is 10.1 Å². The highest BCUT2D eigenvalue weighted by Crippen LogP contribution is 2.30. The molecule has 3 heterocycles. The largest absolute Gasteiger partial charge is 0.488 e. The van der Waals surface area contributed by atoms with Gasteiger partial charge in [0.1, 0.15) is 25.2 Å². The second kappa shape index (κ2) is 12.6. The number of aromatic nitrogens is 1. The molecular formula is C28H25F3N2O5S. The fourth-order valence-corrected chi connectivity index (χ4v) is 4.72. The molecule has 2 amide bonds. The minimum atomic E-state index is -4.41. The topological polar surface area (TPSA) is 81.9 Å². The maximum atomic E-state index is 13.0. The molecular weight excluding hydrogens is 533 g/mol. The van der Waals surface area contributed by atoms with E-state index in [0.29, 0.717) is 11.4 Å². The molecule has 0 aliphatic carbocycles. The van der Waals surface area contributed by atoms with Crippen molar-refractivity contribution in [3.63, 3.8) is 0 Å². The number of cyclic esters (lactones) is 1. The van der Waals surface area contributed by atoms with Gasteiger partial charge in [-0.15, -0.1) is 11.3 Å². The predicted octanol–water partition coefficient (Wildman–Crippen LogP) is 6.89. The van der Waals surface area contributed by atoms with Crippen LogP contribution in [-0.2, 0) is 16.1 Å². The molecule has 0 saturated carbocycles. The van der Waals surface area contributed by atoms with Crippen LogP contribution in [0.3, 0.4) is 0 Å². The molecule has 1 unspecified atom stereocenters. The smallest absolute Gasteiger partial charge is 0.416 e. The summed E-state index contributed by atoms with van der Waals surface area (Å²) in [5, 5.41) is 3.98. The van der Waals surface area contributed by atoms with E-state index in [1.54, 1.807) is 24.3 Å². The van der Waals surface area contributed by atoms with E-state index in [-0.39, 0.29) is 32.1 Å². The van der Waals surface area contributed by atoms with E-state index in [1.165, 1.54) is 36.7 Å². The molecule has 0 bridgehead atoms. The highest BCUT2D eigenvalue weighted by Gasteiger charge is 2.32. The summed E-state index contributed by atoms with van der Waals surface area (Å²) in [4.78, 5) is 27.3. The molecule has 4 rings (SSSR count). The van der Waals surface area contributed by atoms with Gasteiger partial charge in [-0.05, 0) is 48.9 Å². The monoisotopic (exact) mass is 558 g/mol. The first-order valence-electron chi connectivity index (χ1n) is 12.0. The average molecular weight is 559 g/mol. The molecule has 0 N–H and O–H groups in total. The number of hydrogen-bond acceptors (Lipinski definition) is 7. The minimum Gasteiger partial charge on any atom is -0.488 e. The van der Waals surface area contributed by atoms with E-state index < -0.39 is 23.8 Å². The first-order chi connectivity index (χ1) is 18.7. The maximum Gasteiger partial charge on any atom is 0.416 e. The molecule has 0 radical (unpaired) electrons.